The van der Waals surface area contributed by atoms with Crippen LogP contribution in [-0.2, 0) is 0 Å². The molecule has 0 bridgehead atoms. The minimum atomic E-state index is -0.218. The molecule has 0 aromatic rings. The number of hydrogen-bond acceptors (Lipinski definition) is 2. The Balaban J connectivity index is 3.80. The van der Waals surface area contributed by atoms with Crippen LogP contribution in [-0.4, -0.2) is 17.8 Å². The van der Waals surface area contributed by atoms with E-state index in [0.29, 0.717) is 12.5 Å². The van der Waals surface area contributed by atoms with E-state index in [-0.39, 0.29) is 12.0 Å². The van der Waals surface area contributed by atoms with Gasteiger partial charge in [-0.3, -0.25) is 0 Å². The Kier molecular flexibility index (Phi) is 4.65. The molecule has 2 heteroatoms. The Morgan fingerprint density at radius 2 is 1.90 bits per heavy atom. The molecular weight excluding hydrogens is 126 g/mol. The van der Waals surface area contributed by atoms with Crippen molar-refractivity contribution in [3.05, 3.63) is 0 Å². The molecule has 0 aliphatic heterocycles. The molecule has 3 N–H and O–H groups in total. The third-order valence-electron chi connectivity index (χ3n) is 2.04. The molecule has 0 fully saturated rings. The van der Waals surface area contributed by atoms with Gasteiger partial charge < -0.3 is 10.8 Å². The summed E-state index contributed by atoms with van der Waals surface area (Å²) in [5.74, 6) is 0.755. The van der Waals surface area contributed by atoms with Crippen LogP contribution >= 0.6 is 0 Å². The van der Waals surface area contributed by atoms with Gasteiger partial charge in [0.15, 0.2) is 0 Å². The van der Waals surface area contributed by atoms with Gasteiger partial charge in [-0.25, -0.2) is 0 Å². The van der Waals surface area contributed by atoms with Crippen LogP contribution in [0, 0.1) is 11.8 Å². The normalized spacial score (nSPS) is 17.4. The first-order valence-electron chi connectivity index (χ1n) is 4.01. The summed E-state index contributed by atoms with van der Waals surface area (Å²) in [5, 5.41) is 9.41. The summed E-state index contributed by atoms with van der Waals surface area (Å²) in [6.45, 7) is 6.76. The summed E-state index contributed by atoms with van der Waals surface area (Å²) in [6.07, 6.45) is 0.588. The zero-order chi connectivity index (χ0) is 8.15. The molecule has 2 unspecified atom stereocenters. The molecule has 0 aliphatic carbocycles. The van der Waals surface area contributed by atoms with Crippen molar-refractivity contribution in [2.45, 2.75) is 33.3 Å². The Labute approximate surface area is 63.4 Å². The molecule has 2 nitrogen and oxygen atoms in total. The summed E-state index contributed by atoms with van der Waals surface area (Å²) < 4.78 is 0. The maximum atomic E-state index is 9.41. The highest BCUT2D eigenvalue weighted by Crippen LogP contribution is 2.15. The maximum Gasteiger partial charge on any atom is 0.0580 e. The van der Waals surface area contributed by atoms with Gasteiger partial charge in [0, 0.05) is 0 Å². The molecule has 0 aromatic heterocycles. The van der Waals surface area contributed by atoms with Gasteiger partial charge in [0.05, 0.1) is 6.10 Å². The molecule has 0 rings (SSSR count). The van der Waals surface area contributed by atoms with Gasteiger partial charge in [-0.05, 0) is 24.8 Å². The van der Waals surface area contributed by atoms with Crippen molar-refractivity contribution in [1.29, 1.82) is 0 Å². The predicted octanol–water partition coefficient (Wildman–Crippen LogP) is 0.988. The first kappa shape index (κ1) is 9.92. The maximum absolute atomic E-state index is 9.41. The smallest absolute Gasteiger partial charge is 0.0580 e. The van der Waals surface area contributed by atoms with E-state index in [2.05, 4.69) is 13.8 Å². The van der Waals surface area contributed by atoms with Crippen molar-refractivity contribution in [3.63, 3.8) is 0 Å². The molecule has 0 aliphatic rings. The average Bonchev–Trinajstić information content (AvgIpc) is 1.88. The highest BCUT2D eigenvalue weighted by molar-refractivity contribution is 4.70. The molecule has 0 amide bonds. The molecule has 62 valence electrons. The van der Waals surface area contributed by atoms with Crippen LogP contribution in [0.25, 0.3) is 0 Å². The molecule has 0 aromatic carbocycles. The predicted molar refractivity (Wildman–Crippen MR) is 43.7 cm³/mol. The van der Waals surface area contributed by atoms with E-state index in [0.717, 1.165) is 6.42 Å². The number of hydrogen-bond donors (Lipinski definition) is 2. The van der Waals surface area contributed by atoms with E-state index in [9.17, 15) is 5.11 Å². The van der Waals surface area contributed by atoms with Gasteiger partial charge in [-0.2, -0.15) is 0 Å². The van der Waals surface area contributed by atoms with Crippen LogP contribution in [0.15, 0.2) is 0 Å². The highest BCUT2D eigenvalue weighted by Gasteiger charge is 2.18. The zero-order valence-corrected chi connectivity index (χ0v) is 7.17. The van der Waals surface area contributed by atoms with Crippen molar-refractivity contribution >= 4 is 0 Å². The van der Waals surface area contributed by atoms with E-state index < -0.39 is 0 Å². The second kappa shape index (κ2) is 4.69. The second-order valence-electron chi connectivity index (χ2n) is 3.12. The Morgan fingerprint density at radius 1 is 1.40 bits per heavy atom. The van der Waals surface area contributed by atoms with E-state index in [1.807, 2.05) is 6.92 Å². The van der Waals surface area contributed by atoms with Gasteiger partial charge in [0.25, 0.3) is 0 Å². The standard InChI is InChI=1S/C8H19NO/c1-4-8(10)7(5-9)6(2)3/h6-8,10H,4-5,9H2,1-3H3. The third kappa shape index (κ3) is 2.67. The topological polar surface area (TPSA) is 46.2 Å². The van der Waals surface area contributed by atoms with Gasteiger partial charge >= 0.3 is 0 Å². The van der Waals surface area contributed by atoms with E-state index >= 15 is 0 Å². The van der Waals surface area contributed by atoms with Crippen molar-refractivity contribution in [1.82, 2.24) is 0 Å². The molecule has 0 heterocycles. The first-order chi connectivity index (χ1) is 4.63. The van der Waals surface area contributed by atoms with Crippen LogP contribution in [0.4, 0.5) is 0 Å². The Hall–Kier alpha value is -0.0800. The summed E-state index contributed by atoms with van der Waals surface area (Å²) >= 11 is 0. The molecular formula is C8H19NO. The minimum absolute atomic E-state index is 0.218. The van der Waals surface area contributed by atoms with Crippen LogP contribution < -0.4 is 5.73 Å². The molecule has 10 heavy (non-hydrogen) atoms. The van der Waals surface area contributed by atoms with Crippen molar-refractivity contribution < 1.29 is 5.11 Å². The van der Waals surface area contributed by atoms with Gasteiger partial charge in [0.1, 0.15) is 0 Å². The number of nitrogens with two attached hydrogens (primary N) is 1. The lowest BCUT2D eigenvalue weighted by Crippen LogP contribution is -2.31. The monoisotopic (exact) mass is 145 g/mol. The quantitative estimate of drug-likeness (QED) is 0.619. The van der Waals surface area contributed by atoms with Crippen LogP contribution in [0.5, 0.6) is 0 Å². The third-order valence-corrected chi connectivity index (χ3v) is 2.04. The number of rotatable bonds is 4. The SMILES string of the molecule is CCC(O)C(CN)C(C)C. The molecule has 2 atom stereocenters. The minimum Gasteiger partial charge on any atom is -0.393 e. The van der Waals surface area contributed by atoms with Crippen LogP contribution in [0.1, 0.15) is 27.2 Å². The van der Waals surface area contributed by atoms with Crippen molar-refractivity contribution in [3.8, 4) is 0 Å². The van der Waals surface area contributed by atoms with E-state index in [1.165, 1.54) is 0 Å². The fourth-order valence-electron chi connectivity index (χ4n) is 1.18. The lowest BCUT2D eigenvalue weighted by atomic mass is 9.89. The summed E-state index contributed by atoms with van der Waals surface area (Å²) in [7, 11) is 0. The summed E-state index contributed by atoms with van der Waals surface area (Å²) in [5.41, 5.74) is 5.49. The van der Waals surface area contributed by atoms with Crippen molar-refractivity contribution in [2.24, 2.45) is 17.6 Å². The molecule has 0 saturated heterocycles. The zero-order valence-electron chi connectivity index (χ0n) is 7.17. The molecule has 0 spiro atoms. The van der Waals surface area contributed by atoms with Gasteiger partial charge in [-0.1, -0.05) is 20.8 Å². The average molecular weight is 145 g/mol. The second-order valence-corrected chi connectivity index (χ2v) is 3.12. The first-order valence-corrected chi connectivity index (χ1v) is 4.01. The van der Waals surface area contributed by atoms with E-state index in [4.69, 9.17) is 5.73 Å². The number of aliphatic hydroxyl groups excluding tert-OH is 1. The fourth-order valence-corrected chi connectivity index (χ4v) is 1.18. The van der Waals surface area contributed by atoms with Gasteiger partial charge in [-0.15, -0.1) is 0 Å². The lowest BCUT2D eigenvalue weighted by molar-refractivity contribution is 0.0827. The van der Waals surface area contributed by atoms with E-state index in [1.54, 1.807) is 0 Å². The fraction of sp³-hybridized carbons (Fsp3) is 1.00. The van der Waals surface area contributed by atoms with Gasteiger partial charge in [0.2, 0.25) is 0 Å². The van der Waals surface area contributed by atoms with Crippen LogP contribution in [0.3, 0.4) is 0 Å². The molecule has 0 radical (unpaired) electrons. The number of aliphatic hydroxyl groups is 1. The van der Waals surface area contributed by atoms with Crippen LogP contribution in [0.2, 0.25) is 0 Å². The largest absolute Gasteiger partial charge is 0.393 e. The highest BCUT2D eigenvalue weighted by atomic mass is 16.3. The summed E-state index contributed by atoms with van der Waals surface area (Å²) in [6, 6.07) is 0. The Bertz CT molecular complexity index is 83.3. The Morgan fingerprint density at radius 3 is 2.00 bits per heavy atom. The summed E-state index contributed by atoms with van der Waals surface area (Å²) in [4.78, 5) is 0. The molecule has 0 saturated carbocycles. The van der Waals surface area contributed by atoms with Crippen molar-refractivity contribution in [2.75, 3.05) is 6.54 Å². The lowest BCUT2D eigenvalue weighted by Gasteiger charge is -2.23.